The highest BCUT2D eigenvalue weighted by molar-refractivity contribution is 5.95. The molecule has 0 saturated carbocycles. The predicted octanol–water partition coefficient (Wildman–Crippen LogP) is 2.39. The number of hydrogen-bond donors (Lipinski definition) is 1. The van der Waals surface area contributed by atoms with Crippen molar-refractivity contribution in [2.24, 2.45) is 0 Å². The fraction of sp³-hybridized carbons (Fsp3) is 0. The maximum Gasteiger partial charge on any atom is 0.354 e. The highest BCUT2D eigenvalue weighted by atomic mass is 16.4. The number of nitrogens with zero attached hydrogens (tertiary/aromatic N) is 3. The Morgan fingerprint density at radius 1 is 1.11 bits per heavy atom. The van der Waals surface area contributed by atoms with Crippen molar-refractivity contribution in [2.45, 2.75) is 0 Å². The van der Waals surface area contributed by atoms with Crippen LogP contribution in [0.5, 0.6) is 0 Å². The minimum atomic E-state index is -1.05. The summed E-state index contributed by atoms with van der Waals surface area (Å²) in [5, 5.41) is 9.80. The van der Waals surface area contributed by atoms with Crippen molar-refractivity contribution >= 4 is 16.9 Å². The molecular weight excluding hydrogens is 242 g/mol. The van der Waals surface area contributed by atoms with Gasteiger partial charge in [-0.15, -0.1) is 0 Å². The van der Waals surface area contributed by atoms with Gasteiger partial charge in [0.1, 0.15) is 5.69 Å². The van der Waals surface area contributed by atoms with E-state index in [0.717, 1.165) is 16.6 Å². The second kappa shape index (κ2) is 4.45. The van der Waals surface area contributed by atoms with Crippen LogP contribution in [-0.4, -0.2) is 26.0 Å². The summed E-state index contributed by atoms with van der Waals surface area (Å²) in [4.78, 5) is 23.6. The third kappa shape index (κ3) is 2.01. The van der Waals surface area contributed by atoms with Gasteiger partial charge in [-0.25, -0.2) is 9.78 Å². The number of pyridine rings is 3. The van der Waals surface area contributed by atoms with Crippen LogP contribution in [0.4, 0.5) is 0 Å². The lowest BCUT2D eigenvalue weighted by atomic mass is 10.1. The molecule has 3 aromatic heterocycles. The zero-order valence-electron chi connectivity index (χ0n) is 9.82. The molecule has 0 radical (unpaired) electrons. The van der Waals surface area contributed by atoms with Gasteiger partial charge in [0.25, 0.3) is 0 Å². The van der Waals surface area contributed by atoms with Crippen molar-refractivity contribution in [3.8, 4) is 11.3 Å². The van der Waals surface area contributed by atoms with Crippen molar-refractivity contribution in [1.82, 2.24) is 15.0 Å². The Hall–Kier alpha value is -2.82. The van der Waals surface area contributed by atoms with E-state index in [0.29, 0.717) is 5.52 Å². The van der Waals surface area contributed by atoms with Crippen molar-refractivity contribution in [1.29, 1.82) is 0 Å². The Morgan fingerprint density at radius 3 is 2.74 bits per heavy atom. The molecule has 0 atom stereocenters. The highest BCUT2D eigenvalue weighted by Crippen LogP contribution is 2.24. The second-order valence-corrected chi connectivity index (χ2v) is 3.98. The molecule has 5 heteroatoms. The Labute approximate surface area is 108 Å². The molecular formula is C14H9N3O2. The first-order valence-corrected chi connectivity index (χ1v) is 5.65. The molecule has 0 aliphatic rings. The van der Waals surface area contributed by atoms with Crippen LogP contribution in [-0.2, 0) is 0 Å². The van der Waals surface area contributed by atoms with Crippen molar-refractivity contribution < 1.29 is 9.90 Å². The molecule has 0 unspecified atom stereocenters. The Bertz CT molecular complexity index is 757. The topological polar surface area (TPSA) is 76.0 Å². The number of aromatic carboxylic acids is 1. The van der Waals surface area contributed by atoms with E-state index in [1.807, 2.05) is 18.2 Å². The fourth-order valence-electron chi connectivity index (χ4n) is 1.87. The van der Waals surface area contributed by atoms with Crippen LogP contribution in [0.1, 0.15) is 10.5 Å². The zero-order valence-corrected chi connectivity index (χ0v) is 9.82. The van der Waals surface area contributed by atoms with Gasteiger partial charge in [-0.2, -0.15) is 0 Å². The molecule has 3 heterocycles. The fourth-order valence-corrected chi connectivity index (χ4v) is 1.87. The van der Waals surface area contributed by atoms with Gasteiger partial charge >= 0.3 is 5.97 Å². The van der Waals surface area contributed by atoms with E-state index in [-0.39, 0.29) is 5.69 Å². The smallest absolute Gasteiger partial charge is 0.354 e. The third-order valence-electron chi connectivity index (χ3n) is 2.76. The molecule has 0 aromatic carbocycles. The van der Waals surface area contributed by atoms with Crippen molar-refractivity contribution in [2.75, 3.05) is 0 Å². The van der Waals surface area contributed by atoms with Gasteiger partial charge in [-0.1, -0.05) is 6.07 Å². The molecule has 0 spiro atoms. The highest BCUT2D eigenvalue weighted by Gasteiger charge is 2.10. The molecule has 3 aromatic rings. The Kier molecular flexibility index (Phi) is 2.64. The third-order valence-corrected chi connectivity index (χ3v) is 2.76. The summed E-state index contributed by atoms with van der Waals surface area (Å²) in [6.07, 6.45) is 4.97. The normalized spacial score (nSPS) is 10.5. The molecule has 3 rings (SSSR count). The van der Waals surface area contributed by atoms with E-state index >= 15 is 0 Å². The number of aromatic nitrogens is 3. The van der Waals surface area contributed by atoms with Gasteiger partial charge < -0.3 is 5.11 Å². The standard InChI is InChI=1S/C14H9N3O2/c18-14(19)12-5-4-9-7-15-8-10(13(9)17-12)11-3-1-2-6-16-11/h1-8H,(H,18,19). The minimum absolute atomic E-state index is 0.0101. The van der Waals surface area contributed by atoms with Crippen LogP contribution in [0.2, 0.25) is 0 Å². The van der Waals surface area contributed by atoms with E-state index in [4.69, 9.17) is 5.11 Å². The molecule has 1 N–H and O–H groups in total. The predicted molar refractivity (Wildman–Crippen MR) is 69.7 cm³/mol. The summed E-state index contributed by atoms with van der Waals surface area (Å²) in [6.45, 7) is 0. The Morgan fingerprint density at radius 2 is 2.00 bits per heavy atom. The van der Waals surface area contributed by atoms with Crippen LogP contribution in [0, 0.1) is 0 Å². The van der Waals surface area contributed by atoms with Crippen LogP contribution in [0.25, 0.3) is 22.2 Å². The lowest BCUT2D eigenvalue weighted by Crippen LogP contribution is -2.00. The van der Waals surface area contributed by atoms with Gasteiger partial charge in [0.15, 0.2) is 0 Å². The summed E-state index contributed by atoms with van der Waals surface area (Å²) in [6, 6.07) is 8.69. The summed E-state index contributed by atoms with van der Waals surface area (Å²) >= 11 is 0. The maximum absolute atomic E-state index is 11.0. The Balaban J connectivity index is 2.30. The molecule has 92 valence electrons. The molecule has 0 fully saturated rings. The largest absolute Gasteiger partial charge is 0.477 e. The lowest BCUT2D eigenvalue weighted by molar-refractivity contribution is 0.0691. The minimum Gasteiger partial charge on any atom is -0.477 e. The van der Waals surface area contributed by atoms with Gasteiger partial charge in [0.05, 0.1) is 11.2 Å². The summed E-state index contributed by atoms with van der Waals surface area (Å²) in [5.74, 6) is -1.05. The van der Waals surface area contributed by atoms with E-state index in [1.54, 1.807) is 24.7 Å². The van der Waals surface area contributed by atoms with Gasteiger partial charge in [-0.3, -0.25) is 9.97 Å². The van der Waals surface area contributed by atoms with Crippen LogP contribution in [0.15, 0.2) is 48.9 Å². The zero-order chi connectivity index (χ0) is 13.2. The SMILES string of the molecule is O=C(O)c1ccc2cncc(-c3ccccn3)c2n1. The number of carbonyl (C=O) groups is 1. The summed E-state index contributed by atoms with van der Waals surface area (Å²) < 4.78 is 0. The van der Waals surface area contributed by atoms with E-state index < -0.39 is 5.97 Å². The molecule has 0 saturated heterocycles. The number of fused-ring (bicyclic) bond motifs is 1. The first kappa shape index (κ1) is 11.3. The van der Waals surface area contributed by atoms with Crippen molar-refractivity contribution in [3.63, 3.8) is 0 Å². The van der Waals surface area contributed by atoms with E-state index in [1.165, 1.54) is 6.07 Å². The summed E-state index contributed by atoms with van der Waals surface area (Å²) in [7, 11) is 0. The molecule has 5 nitrogen and oxygen atoms in total. The van der Waals surface area contributed by atoms with Crippen LogP contribution >= 0.6 is 0 Å². The molecule has 19 heavy (non-hydrogen) atoms. The monoisotopic (exact) mass is 251 g/mol. The van der Waals surface area contributed by atoms with Crippen LogP contribution in [0.3, 0.4) is 0 Å². The maximum atomic E-state index is 11.0. The summed E-state index contributed by atoms with van der Waals surface area (Å²) in [5.41, 5.74) is 2.04. The van der Waals surface area contributed by atoms with E-state index in [2.05, 4.69) is 15.0 Å². The number of rotatable bonds is 2. The van der Waals surface area contributed by atoms with Crippen LogP contribution < -0.4 is 0 Å². The first-order chi connectivity index (χ1) is 9.25. The number of hydrogen-bond acceptors (Lipinski definition) is 4. The van der Waals surface area contributed by atoms with Gasteiger partial charge in [0.2, 0.25) is 0 Å². The first-order valence-electron chi connectivity index (χ1n) is 5.65. The molecule has 0 aliphatic carbocycles. The molecule has 0 aliphatic heterocycles. The second-order valence-electron chi connectivity index (χ2n) is 3.98. The average molecular weight is 251 g/mol. The van der Waals surface area contributed by atoms with Crippen molar-refractivity contribution in [3.05, 3.63) is 54.6 Å². The molecule has 0 bridgehead atoms. The number of carboxylic acid groups (broad SMARTS) is 1. The van der Waals surface area contributed by atoms with Gasteiger partial charge in [0, 0.05) is 29.5 Å². The quantitative estimate of drug-likeness (QED) is 0.756. The van der Waals surface area contributed by atoms with E-state index in [9.17, 15) is 4.79 Å². The molecule has 0 amide bonds. The van der Waals surface area contributed by atoms with Gasteiger partial charge in [-0.05, 0) is 24.3 Å². The average Bonchev–Trinajstić information content (AvgIpc) is 2.47. The lowest BCUT2D eigenvalue weighted by Gasteiger charge is -2.05. The number of carboxylic acids is 1.